The number of benzene rings is 1. The van der Waals surface area contributed by atoms with Gasteiger partial charge in [-0.25, -0.2) is 17.2 Å². The number of nitriles is 1. The summed E-state index contributed by atoms with van der Waals surface area (Å²) in [5.41, 5.74) is -0.230. The molecule has 0 fully saturated rings. The Kier molecular flexibility index (Phi) is 5.60. The minimum absolute atomic E-state index is 0.230. The summed E-state index contributed by atoms with van der Waals surface area (Å²) in [6.45, 7) is 4.06. The second-order valence-corrected chi connectivity index (χ2v) is 7.84. The average molecular weight is 330 g/mol. The number of nitrogens with zero attached hydrogens (tertiary/aromatic N) is 1. The van der Waals surface area contributed by atoms with Crippen LogP contribution >= 0.6 is 0 Å². The van der Waals surface area contributed by atoms with Crippen molar-refractivity contribution in [2.45, 2.75) is 37.3 Å². The molecule has 0 aliphatic heterocycles. The van der Waals surface area contributed by atoms with Crippen LogP contribution in [-0.2, 0) is 14.6 Å². The number of amides is 1. The topological polar surface area (TPSA) is 87.0 Å². The molecule has 1 amide bonds. The molecule has 0 spiro atoms. The van der Waals surface area contributed by atoms with Crippen molar-refractivity contribution < 1.29 is 22.0 Å². The Morgan fingerprint density at radius 3 is 2.32 bits per heavy atom. The van der Waals surface area contributed by atoms with Gasteiger partial charge in [-0.3, -0.25) is 4.79 Å². The van der Waals surface area contributed by atoms with Crippen LogP contribution in [0.2, 0.25) is 0 Å². The van der Waals surface area contributed by atoms with Crippen molar-refractivity contribution in [3.8, 4) is 6.07 Å². The molecular formula is C14H16F2N2O3S. The van der Waals surface area contributed by atoms with E-state index in [0.29, 0.717) is 6.07 Å². The van der Waals surface area contributed by atoms with Crippen molar-refractivity contribution >= 4 is 15.7 Å². The third kappa shape index (κ3) is 3.80. The van der Waals surface area contributed by atoms with Gasteiger partial charge >= 0.3 is 0 Å². The molecule has 2 atom stereocenters. The first kappa shape index (κ1) is 18.0. The predicted octanol–water partition coefficient (Wildman–Crippen LogP) is 1.86. The van der Waals surface area contributed by atoms with Crippen LogP contribution in [0.3, 0.4) is 0 Å². The number of nitrogens with one attached hydrogen (secondary N) is 1. The lowest BCUT2D eigenvalue weighted by molar-refractivity contribution is -0.120. The summed E-state index contributed by atoms with van der Waals surface area (Å²) in [4.78, 5) is 12.0. The van der Waals surface area contributed by atoms with Crippen LogP contribution in [0.15, 0.2) is 18.2 Å². The van der Waals surface area contributed by atoms with E-state index >= 15 is 0 Å². The Bertz CT molecular complexity index is 711. The van der Waals surface area contributed by atoms with Gasteiger partial charge in [-0.2, -0.15) is 5.26 Å². The Labute approximate surface area is 127 Å². The molecule has 120 valence electrons. The maximum absolute atomic E-state index is 13.6. The highest BCUT2D eigenvalue weighted by Gasteiger charge is 2.32. The molecule has 0 heterocycles. The van der Waals surface area contributed by atoms with Crippen molar-refractivity contribution in [3.63, 3.8) is 0 Å². The van der Waals surface area contributed by atoms with Crippen molar-refractivity contribution in [3.05, 3.63) is 35.4 Å². The van der Waals surface area contributed by atoms with Crippen LogP contribution < -0.4 is 5.32 Å². The second kappa shape index (κ2) is 6.83. The van der Waals surface area contributed by atoms with Gasteiger partial charge in [0.15, 0.2) is 9.84 Å². The van der Waals surface area contributed by atoms with Crippen molar-refractivity contribution in [1.82, 2.24) is 5.32 Å². The van der Waals surface area contributed by atoms with Gasteiger partial charge in [0.25, 0.3) is 0 Å². The highest BCUT2D eigenvalue weighted by atomic mass is 32.2. The van der Waals surface area contributed by atoms with Crippen molar-refractivity contribution in [2.24, 2.45) is 0 Å². The molecule has 0 saturated heterocycles. The van der Waals surface area contributed by atoms with Crippen LogP contribution in [0.1, 0.15) is 32.4 Å². The largest absolute Gasteiger partial charge is 0.335 e. The Hall–Kier alpha value is -2.01. The number of sulfone groups is 1. The summed E-state index contributed by atoms with van der Waals surface area (Å²) in [7, 11) is -3.70. The molecule has 5 nitrogen and oxygen atoms in total. The molecule has 1 rings (SSSR count). The summed E-state index contributed by atoms with van der Waals surface area (Å²) in [6.07, 6.45) is 0. The zero-order valence-corrected chi connectivity index (χ0v) is 13.1. The first-order valence-corrected chi connectivity index (χ1v) is 8.09. The van der Waals surface area contributed by atoms with E-state index in [-0.39, 0.29) is 5.56 Å². The standard InChI is InChI=1S/C14H16F2N2O3S/c1-8(2)22(20,21)9(3)14(19)18-13(7-17)11-5-4-10(15)6-12(11)16/h4-6,8-9,13H,1-3H3,(H,18,19)/t9-,13+/m1/s1. The maximum Gasteiger partial charge on any atom is 0.239 e. The smallest absolute Gasteiger partial charge is 0.239 e. The molecule has 0 bridgehead atoms. The first-order valence-electron chi connectivity index (χ1n) is 6.49. The van der Waals surface area contributed by atoms with Crippen molar-refractivity contribution in [2.75, 3.05) is 0 Å². The molecule has 1 N–H and O–H groups in total. The van der Waals surface area contributed by atoms with Gasteiger partial charge in [0.05, 0.1) is 11.3 Å². The molecule has 1 aromatic rings. The summed E-state index contributed by atoms with van der Waals surface area (Å²) < 4.78 is 50.3. The summed E-state index contributed by atoms with van der Waals surface area (Å²) in [6, 6.07) is 2.81. The van der Waals surface area contributed by atoms with Gasteiger partial charge in [-0.15, -0.1) is 0 Å². The molecule has 8 heteroatoms. The molecule has 22 heavy (non-hydrogen) atoms. The monoisotopic (exact) mass is 330 g/mol. The van der Waals surface area contributed by atoms with E-state index in [1.54, 1.807) is 6.07 Å². The summed E-state index contributed by atoms with van der Waals surface area (Å²) >= 11 is 0. The number of carbonyl (C=O) groups excluding carboxylic acids is 1. The Morgan fingerprint density at radius 1 is 1.27 bits per heavy atom. The zero-order chi connectivity index (χ0) is 17.1. The third-order valence-corrected chi connectivity index (χ3v) is 5.72. The van der Waals surface area contributed by atoms with Crippen LogP contribution in [-0.4, -0.2) is 24.8 Å². The second-order valence-electron chi connectivity index (χ2n) is 5.02. The van der Waals surface area contributed by atoms with Gasteiger partial charge in [-0.05, 0) is 26.8 Å². The predicted molar refractivity (Wildman–Crippen MR) is 76.4 cm³/mol. The maximum atomic E-state index is 13.6. The first-order chi connectivity index (χ1) is 10.1. The highest BCUT2D eigenvalue weighted by molar-refractivity contribution is 7.93. The molecule has 0 radical (unpaired) electrons. The van der Waals surface area contributed by atoms with E-state index in [9.17, 15) is 22.0 Å². The van der Waals surface area contributed by atoms with E-state index in [4.69, 9.17) is 5.26 Å². The van der Waals surface area contributed by atoms with Gasteiger partial charge in [0, 0.05) is 11.6 Å². The Morgan fingerprint density at radius 2 is 1.86 bits per heavy atom. The van der Waals surface area contributed by atoms with Crippen LogP contribution in [0, 0.1) is 23.0 Å². The molecule has 1 aromatic carbocycles. The lowest BCUT2D eigenvalue weighted by Crippen LogP contribution is -2.42. The lowest BCUT2D eigenvalue weighted by Gasteiger charge is -2.18. The van der Waals surface area contributed by atoms with Gasteiger partial charge in [0.2, 0.25) is 5.91 Å². The minimum atomic E-state index is -3.70. The summed E-state index contributed by atoms with van der Waals surface area (Å²) in [5, 5.41) is 9.05. The van der Waals surface area contributed by atoms with Gasteiger partial charge in [0.1, 0.15) is 22.9 Å². The van der Waals surface area contributed by atoms with E-state index in [1.807, 2.05) is 0 Å². The Balaban J connectivity index is 3.01. The number of carbonyl (C=O) groups is 1. The van der Waals surface area contributed by atoms with Crippen LogP contribution in [0.4, 0.5) is 8.78 Å². The molecule has 0 aliphatic rings. The van der Waals surface area contributed by atoms with Crippen molar-refractivity contribution in [1.29, 1.82) is 5.26 Å². The third-order valence-electron chi connectivity index (χ3n) is 3.21. The van der Waals surface area contributed by atoms with Crippen LogP contribution in [0.5, 0.6) is 0 Å². The average Bonchev–Trinajstić information content (AvgIpc) is 2.44. The normalized spacial score (nSPS) is 14.2. The molecule has 0 saturated carbocycles. The number of halogens is 2. The fraction of sp³-hybridized carbons (Fsp3) is 0.429. The summed E-state index contributed by atoms with van der Waals surface area (Å²) in [5.74, 6) is -2.73. The molecule has 0 aromatic heterocycles. The van der Waals surface area contributed by atoms with E-state index in [0.717, 1.165) is 12.1 Å². The van der Waals surface area contributed by atoms with E-state index in [2.05, 4.69) is 5.32 Å². The van der Waals surface area contributed by atoms with E-state index in [1.165, 1.54) is 20.8 Å². The number of hydrogen-bond donors (Lipinski definition) is 1. The van der Waals surface area contributed by atoms with E-state index < -0.39 is 43.9 Å². The number of rotatable bonds is 5. The number of hydrogen-bond acceptors (Lipinski definition) is 4. The van der Waals surface area contributed by atoms with Gasteiger partial charge in [-0.1, -0.05) is 6.07 Å². The fourth-order valence-corrected chi connectivity index (χ4v) is 2.92. The van der Waals surface area contributed by atoms with Gasteiger partial charge < -0.3 is 5.32 Å². The zero-order valence-electron chi connectivity index (χ0n) is 12.3. The quantitative estimate of drug-likeness (QED) is 0.892. The molecule has 0 aliphatic carbocycles. The molecule has 0 unspecified atom stereocenters. The highest BCUT2D eigenvalue weighted by Crippen LogP contribution is 2.19. The minimum Gasteiger partial charge on any atom is -0.335 e. The SMILES string of the molecule is CC(C)S(=O)(=O)[C@H](C)C(=O)N[C@@H](C#N)c1ccc(F)cc1F. The molecular weight excluding hydrogens is 314 g/mol. The van der Waals surface area contributed by atoms with Crippen LogP contribution in [0.25, 0.3) is 0 Å². The fourth-order valence-electron chi connectivity index (χ4n) is 1.73. The lowest BCUT2D eigenvalue weighted by atomic mass is 10.1.